The first kappa shape index (κ1) is 46.0. The van der Waals surface area contributed by atoms with E-state index in [1.807, 2.05) is 6.92 Å². The first-order valence-corrected chi connectivity index (χ1v) is 22.8. The number of likely N-dealkylation sites (tertiary alicyclic amines) is 1. The van der Waals surface area contributed by atoms with E-state index in [0.29, 0.717) is 19.8 Å². The molecule has 0 radical (unpaired) electrons. The number of methoxy groups -OCH3 is 1. The molecule has 5 heterocycles. The van der Waals surface area contributed by atoms with Crippen molar-refractivity contribution in [2.24, 2.45) is 0 Å². The maximum atomic E-state index is 14.3. The number of hydrogen-bond donors (Lipinski definition) is 3. The Balaban J connectivity index is 0.897. The Labute approximate surface area is 382 Å². The molecule has 8 atom stereocenters. The molecule has 1 unspecified atom stereocenters. The van der Waals surface area contributed by atoms with Crippen LogP contribution < -0.4 is 4.74 Å². The zero-order valence-electron chi connectivity index (χ0n) is 36.1. The summed E-state index contributed by atoms with van der Waals surface area (Å²) in [6.45, 7) is 3.73. The van der Waals surface area contributed by atoms with Crippen molar-refractivity contribution in [3.05, 3.63) is 63.7 Å². The number of phenolic OH excluding ortho intramolecular Hbond substituents is 2. The minimum atomic E-state index is -2.29. The summed E-state index contributed by atoms with van der Waals surface area (Å²) in [7, 11) is 1.33. The third kappa shape index (κ3) is 8.23. The van der Waals surface area contributed by atoms with E-state index in [0.717, 1.165) is 21.6 Å². The zero-order chi connectivity index (χ0) is 46.6. The first-order valence-electron chi connectivity index (χ1n) is 21.8. The van der Waals surface area contributed by atoms with Crippen molar-refractivity contribution in [2.75, 3.05) is 72.1 Å². The molecule has 20 nitrogen and oxygen atoms in total. The number of fused-ring (bicyclic) bond motifs is 6. The Morgan fingerprint density at radius 3 is 2.35 bits per heavy atom. The smallest absolute Gasteiger partial charge is 0.253 e. The molecule has 9 rings (SSSR count). The average Bonchev–Trinajstić information content (AvgIpc) is 3.93. The van der Waals surface area contributed by atoms with E-state index in [4.69, 9.17) is 33.2 Å². The number of phenols is 2. The van der Waals surface area contributed by atoms with Crippen LogP contribution in [0.25, 0.3) is 0 Å². The molecule has 0 spiro atoms. The van der Waals surface area contributed by atoms with Gasteiger partial charge in [-0.25, -0.2) is 0 Å². The maximum absolute atomic E-state index is 14.3. The van der Waals surface area contributed by atoms with E-state index in [1.54, 1.807) is 0 Å². The van der Waals surface area contributed by atoms with E-state index in [2.05, 4.69) is 4.90 Å². The number of imide groups is 2. The van der Waals surface area contributed by atoms with Crippen LogP contribution in [0, 0.1) is 0 Å². The fraction of sp³-hybridized carbons (Fsp3) is 0.533. The number of carbonyl (C=O) groups is 7. The maximum Gasteiger partial charge on any atom is 0.253 e. The van der Waals surface area contributed by atoms with Crippen molar-refractivity contribution < 1.29 is 82.0 Å². The minimum Gasteiger partial charge on any atom is -0.507 e. The fourth-order valence-electron chi connectivity index (χ4n) is 9.95. The van der Waals surface area contributed by atoms with Crippen LogP contribution in [-0.4, -0.2) is 185 Å². The Kier molecular flexibility index (Phi) is 12.9. The minimum absolute atomic E-state index is 0.00291. The quantitative estimate of drug-likeness (QED) is 0.101. The van der Waals surface area contributed by atoms with Gasteiger partial charge in [0.2, 0.25) is 17.6 Å². The number of aromatic hydroxyl groups is 2. The molecule has 0 bridgehead atoms. The average molecular weight is 936 g/mol. The summed E-state index contributed by atoms with van der Waals surface area (Å²) in [5, 5.41) is 35.4. The Morgan fingerprint density at radius 1 is 0.909 bits per heavy atom. The summed E-state index contributed by atoms with van der Waals surface area (Å²) in [6, 6.07) is 4.25. The van der Waals surface area contributed by atoms with Crippen LogP contribution >= 0.6 is 11.8 Å². The van der Waals surface area contributed by atoms with Crippen LogP contribution in [0.3, 0.4) is 0 Å². The van der Waals surface area contributed by atoms with E-state index in [-0.39, 0.29) is 98.7 Å². The lowest BCUT2D eigenvalue weighted by molar-refractivity contribution is -0.247. The molecule has 352 valence electrons. The molecular formula is C45H49N3O17S. The van der Waals surface area contributed by atoms with Crippen LogP contribution in [0.4, 0.5) is 0 Å². The van der Waals surface area contributed by atoms with Crippen molar-refractivity contribution in [1.82, 2.24) is 14.7 Å². The highest BCUT2D eigenvalue weighted by atomic mass is 32.2. The molecule has 0 aromatic heterocycles. The van der Waals surface area contributed by atoms with Crippen molar-refractivity contribution in [3.8, 4) is 17.2 Å². The predicted molar refractivity (Wildman–Crippen MR) is 226 cm³/mol. The summed E-state index contributed by atoms with van der Waals surface area (Å²) in [5.74, 6) is -5.87. The summed E-state index contributed by atoms with van der Waals surface area (Å²) in [5.41, 5.74) is -3.69. The lowest BCUT2D eigenvalue weighted by atomic mass is 9.72. The molecule has 66 heavy (non-hydrogen) atoms. The molecule has 2 aliphatic carbocycles. The number of amides is 4. The van der Waals surface area contributed by atoms with Gasteiger partial charge in [0.05, 0.1) is 99.7 Å². The summed E-state index contributed by atoms with van der Waals surface area (Å²) in [4.78, 5) is 96.4. The topological polar surface area (TPSA) is 255 Å². The number of morpholine rings is 1. The Morgan fingerprint density at radius 2 is 1.62 bits per heavy atom. The molecule has 0 saturated carbocycles. The van der Waals surface area contributed by atoms with Gasteiger partial charge < -0.3 is 48.5 Å². The van der Waals surface area contributed by atoms with Gasteiger partial charge in [-0.05, 0) is 13.0 Å². The van der Waals surface area contributed by atoms with Crippen LogP contribution in [0.5, 0.6) is 17.2 Å². The normalized spacial score (nSPS) is 29.3. The van der Waals surface area contributed by atoms with Gasteiger partial charge in [0, 0.05) is 67.1 Å². The molecule has 7 aliphatic rings. The predicted octanol–water partition coefficient (Wildman–Crippen LogP) is 0.565. The van der Waals surface area contributed by atoms with E-state index in [9.17, 15) is 48.9 Å². The van der Waals surface area contributed by atoms with E-state index < -0.39 is 112 Å². The number of ether oxygens (including phenoxy) is 7. The number of thioether (sulfide) groups is 1. The van der Waals surface area contributed by atoms with Gasteiger partial charge in [0.15, 0.2) is 17.9 Å². The number of nitrogens with zero attached hydrogens (tertiary/aromatic N) is 3. The van der Waals surface area contributed by atoms with Crippen molar-refractivity contribution in [3.63, 3.8) is 0 Å². The van der Waals surface area contributed by atoms with Gasteiger partial charge in [0.25, 0.3) is 11.8 Å². The zero-order valence-corrected chi connectivity index (χ0v) is 37.0. The highest BCUT2D eigenvalue weighted by molar-refractivity contribution is 8.01. The molecule has 4 fully saturated rings. The molecule has 4 saturated heterocycles. The SMILES string of the molecule is COc1cccc2c1C(=O)c1c(O)c3c(c(O)c1C2=O)C[C@@](O)(C(=O)CSC1CC(=O)N(CCOCCOCCN2C(=O)C=CC2=O)C1=O)C[C@@H]3O[C@H]1C[C@H]2[C@H](O[C@@H]3COCCN32)[C@H](C)O1. The monoisotopic (exact) mass is 935 g/mol. The van der Waals surface area contributed by atoms with E-state index in [1.165, 1.54) is 37.5 Å². The highest BCUT2D eigenvalue weighted by Crippen LogP contribution is 2.53. The number of Topliss-reactive ketones (excluding diaryl/α,β-unsaturated/α-hetero) is 1. The van der Waals surface area contributed by atoms with Gasteiger partial charge in [0.1, 0.15) is 35.2 Å². The Bertz CT molecular complexity index is 2390. The van der Waals surface area contributed by atoms with Crippen LogP contribution in [-0.2, 0) is 58.8 Å². The molecule has 4 amide bonds. The largest absolute Gasteiger partial charge is 0.507 e. The highest BCUT2D eigenvalue weighted by Gasteiger charge is 2.54. The third-order valence-corrected chi connectivity index (χ3v) is 14.4. The molecule has 2 aromatic rings. The number of hydrogen-bond acceptors (Lipinski definition) is 19. The lowest BCUT2D eigenvalue weighted by Gasteiger charge is -2.43. The standard InChI is InChI=1S/C45H49N3O17S/c1-22-43-25(46-8-13-62-20-33(46)65-43)16-34(63-22)64-27-19-45(58,18-24-36(27)42(56)38-37(40(24)54)39(53)23-4-3-5-26(59-2)35(23)41(38)55)29(49)21-66-28-17-32(52)48(44(28)57)10-12-61-15-14-60-11-9-47-30(50)6-7-31(47)51/h3-7,22,25,27-28,33-34,43,54,56,58H,8-21H2,1-2H3/t22-,25-,27-,28?,33+,34-,43+,45-/m0/s1. The van der Waals surface area contributed by atoms with Crippen molar-refractivity contribution in [2.45, 2.75) is 80.3 Å². The van der Waals surface area contributed by atoms with E-state index >= 15 is 0 Å². The summed E-state index contributed by atoms with van der Waals surface area (Å²) >= 11 is 0.873. The Hall–Kier alpha value is -5.10. The summed E-state index contributed by atoms with van der Waals surface area (Å²) in [6.07, 6.45) is -2.01. The number of benzene rings is 2. The van der Waals surface area contributed by atoms with Crippen molar-refractivity contribution >= 4 is 52.7 Å². The molecule has 3 N–H and O–H groups in total. The first-order chi connectivity index (χ1) is 31.7. The number of rotatable bonds is 16. The third-order valence-electron chi connectivity index (χ3n) is 13.2. The van der Waals surface area contributed by atoms with Gasteiger partial charge in [-0.2, -0.15) is 0 Å². The molecule has 21 heteroatoms. The molecule has 5 aliphatic heterocycles. The number of aliphatic hydroxyl groups is 1. The van der Waals surface area contributed by atoms with Gasteiger partial charge in [-0.1, -0.05) is 12.1 Å². The second kappa shape index (κ2) is 18.5. The van der Waals surface area contributed by atoms with Crippen LogP contribution in [0.15, 0.2) is 30.4 Å². The van der Waals surface area contributed by atoms with Crippen molar-refractivity contribution in [1.29, 1.82) is 0 Å². The van der Waals surface area contributed by atoms with Crippen LogP contribution in [0.2, 0.25) is 0 Å². The molecular weight excluding hydrogens is 887 g/mol. The second-order valence-electron chi connectivity index (χ2n) is 17.1. The van der Waals surface area contributed by atoms with Gasteiger partial charge in [-0.3, -0.25) is 48.3 Å². The second-order valence-corrected chi connectivity index (χ2v) is 18.2. The van der Waals surface area contributed by atoms with Gasteiger partial charge in [-0.15, -0.1) is 11.8 Å². The van der Waals surface area contributed by atoms with Gasteiger partial charge >= 0.3 is 0 Å². The molecule has 2 aromatic carbocycles. The summed E-state index contributed by atoms with van der Waals surface area (Å²) < 4.78 is 41.1. The number of carbonyl (C=O) groups excluding carboxylic acids is 7. The fourth-order valence-corrected chi connectivity index (χ4v) is 11.1. The van der Waals surface area contributed by atoms with Crippen LogP contribution in [0.1, 0.15) is 75.3 Å². The lowest BCUT2D eigenvalue weighted by Crippen LogP contribution is -2.53. The number of ketones is 3.